The van der Waals surface area contributed by atoms with Gasteiger partial charge >= 0.3 is 0 Å². The van der Waals surface area contributed by atoms with Crippen LogP contribution in [0.5, 0.6) is 0 Å². The van der Waals surface area contributed by atoms with Crippen LogP contribution in [0.3, 0.4) is 0 Å². The molecule has 2 N–H and O–H groups in total. The number of hydrogen-bond donors (Lipinski definition) is 2. The first-order chi connectivity index (χ1) is 8.89. The molecular formula is C13H31N3O2S. The standard InChI is InChI=1S/C13H31N3O2S/c1-5-8-14-9-7-12-19(17,18)15-10-6-11-16(4)13(2)3/h13-15H,5-12H2,1-4H3. The van der Waals surface area contributed by atoms with Gasteiger partial charge in [-0.2, -0.15) is 0 Å². The summed E-state index contributed by atoms with van der Waals surface area (Å²) in [5, 5.41) is 3.20. The summed E-state index contributed by atoms with van der Waals surface area (Å²) in [6, 6.07) is 0.501. The summed E-state index contributed by atoms with van der Waals surface area (Å²) in [5.74, 6) is 0.212. The lowest BCUT2D eigenvalue weighted by atomic mass is 10.3. The molecule has 0 aromatic heterocycles. The van der Waals surface area contributed by atoms with E-state index in [0.29, 0.717) is 19.0 Å². The van der Waals surface area contributed by atoms with E-state index in [-0.39, 0.29) is 5.75 Å². The zero-order valence-electron chi connectivity index (χ0n) is 12.9. The molecule has 0 aromatic carbocycles. The fourth-order valence-electron chi connectivity index (χ4n) is 1.58. The summed E-state index contributed by atoms with van der Waals surface area (Å²) in [5.41, 5.74) is 0. The minimum absolute atomic E-state index is 0.212. The second-order valence-electron chi connectivity index (χ2n) is 5.24. The van der Waals surface area contributed by atoms with Crippen LogP contribution in [-0.4, -0.2) is 58.3 Å². The lowest BCUT2D eigenvalue weighted by Gasteiger charge is -2.20. The highest BCUT2D eigenvalue weighted by Crippen LogP contribution is 1.95. The molecule has 19 heavy (non-hydrogen) atoms. The fourth-order valence-corrected chi connectivity index (χ4v) is 2.70. The predicted molar refractivity (Wildman–Crippen MR) is 82.0 cm³/mol. The summed E-state index contributed by atoms with van der Waals surface area (Å²) >= 11 is 0. The van der Waals surface area contributed by atoms with E-state index >= 15 is 0 Å². The van der Waals surface area contributed by atoms with E-state index in [2.05, 4.69) is 42.8 Å². The monoisotopic (exact) mass is 293 g/mol. The Balaban J connectivity index is 3.62. The van der Waals surface area contributed by atoms with Crippen molar-refractivity contribution < 1.29 is 8.42 Å². The van der Waals surface area contributed by atoms with Crippen molar-refractivity contribution in [2.24, 2.45) is 0 Å². The largest absolute Gasteiger partial charge is 0.317 e. The van der Waals surface area contributed by atoms with Gasteiger partial charge in [-0.3, -0.25) is 0 Å². The van der Waals surface area contributed by atoms with Crippen molar-refractivity contribution in [1.29, 1.82) is 0 Å². The van der Waals surface area contributed by atoms with Crippen LogP contribution in [0.4, 0.5) is 0 Å². The first kappa shape index (κ1) is 18.8. The smallest absolute Gasteiger partial charge is 0.211 e. The van der Waals surface area contributed by atoms with Crippen LogP contribution in [0.1, 0.15) is 40.0 Å². The third-order valence-corrected chi connectivity index (χ3v) is 4.55. The van der Waals surface area contributed by atoms with Gasteiger partial charge in [-0.05, 0) is 59.8 Å². The van der Waals surface area contributed by atoms with Crippen molar-refractivity contribution in [3.05, 3.63) is 0 Å². The van der Waals surface area contributed by atoms with E-state index in [0.717, 1.165) is 32.5 Å². The van der Waals surface area contributed by atoms with Gasteiger partial charge in [0, 0.05) is 12.6 Å². The average molecular weight is 293 g/mol. The normalized spacial score (nSPS) is 12.5. The van der Waals surface area contributed by atoms with Gasteiger partial charge in [-0.15, -0.1) is 0 Å². The predicted octanol–water partition coefficient (Wildman–Crippen LogP) is 1.03. The summed E-state index contributed by atoms with van der Waals surface area (Å²) in [6.45, 7) is 9.53. The number of sulfonamides is 1. The second kappa shape index (κ2) is 10.6. The van der Waals surface area contributed by atoms with Crippen molar-refractivity contribution in [3.63, 3.8) is 0 Å². The summed E-state index contributed by atoms with van der Waals surface area (Å²) < 4.78 is 26.0. The van der Waals surface area contributed by atoms with Gasteiger partial charge in [-0.1, -0.05) is 6.92 Å². The second-order valence-corrected chi connectivity index (χ2v) is 7.17. The number of hydrogen-bond acceptors (Lipinski definition) is 4. The van der Waals surface area contributed by atoms with E-state index in [1.54, 1.807) is 0 Å². The molecule has 0 fully saturated rings. The number of nitrogens with one attached hydrogen (secondary N) is 2. The van der Waals surface area contributed by atoms with Crippen LogP contribution < -0.4 is 10.0 Å². The molecular weight excluding hydrogens is 262 g/mol. The molecule has 0 spiro atoms. The minimum atomic E-state index is -3.10. The van der Waals surface area contributed by atoms with E-state index in [1.807, 2.05) is 0 Å². The van der Waals surface area contributed by atoms with Gasteiger partial charge in [0.05, 0.1) is 5.75 Å². The number of nitrogens with zero attached hydrogens (tertiary/aromatic N) is 1. The maximum Gasteiger partial charge on any atom is 0.211 e. The molecule has 0 unspecified atom stereocenters. The minimum Gasteiger partial charge on any atom is -0.317 e. The third-order valence-electron chi connectivity index (χ3n) is 3.08. The van der Waals surface area contributed by atoms with Crippen molar-refractivity contribution >= 4 is 10.0 Å². The molecule has 0 saturated carbocycles. The molecule has 0 amide bonds. The molecule has 0 aliphatic carbocycles. The molecule has 0 aliphatic heterocycles. The van der Waals surface area contributed by atoms with Crippen LogP contribution in [0.25, 0.3) is 0 Å². The Labute approximate surface area is 119 Å². The molecule has 0 bridgehead atoms. The highest BCUT2D eigenvalue weighted by molar-refractivity contribution is 7.89. The van der Waals surface area contributed by atoms with Crippen LogP contribution in [0.2, 0.25) is 0 Å². The molecule has 0 atom stereocenters. The molecule has 0 aromatic rings. The Kier molecular flexibility index (Phi) is 10.5. The summed E-state index contributed by atoms with van der Waals surface area (Å²) in [6.07, 6.45) is 2.59. The summed E-state index contributed by atoms with van der Waals surface area (Å²) in [7, 11) is -1.04. The highest BCUT2D eigenvalue weighted by atomic mass is 32.2. The molecule has 0 aliphatic rings. The summed E-state index contributed by atoms with van der Waals surface area (Å²) in [4.78, 5) is 2.21. The van der Waals surface area contributed by atoms with Crippen molar-refractivity contribution in [1.82, 2.24) is 14.9 Å². The van der Waals surface area contributed by atoms with Crippen LogP contribution in [0.15, 0.2) is 0 Å². The van der Waals surface area contributed by atoms with Crippen LogP contribution in [-0.2, 0) is 10.0 Å². The number of rotatable bonds is 12. The van der Waals surface area contributed by atoms with Gasteiger partial charge in [0.1, 0.15) is 0 Å². The molecule has 0 saturated heterocycles. The maximum absolute atomic E-state index is 11.7. The molecule has 0 rings (SSSR count). The average Bonchev–Trinajstić information content (AvgIpc) is 2.34. The Hall–Kier alpha value is -0.170. The zero-order valence-corrected chi connectivity index (χ0v) is 13.7. The van der Waals surface area contributed by atoms with Crippen molar-refractivity contribution in [2.45, 2.75) is 46.1 Å². The van der Waals surface area contributed by atoms with Crippen LogP contribution >= 0.6 is 0 Å². The Morgan fingerprint density at radius 3 is 2.37 bits per heavy atom. The van der Waals surface area contributed by atoms with Crippen molar-refractivity contribution in [2.75, 3.05) is 39.0 Å². The molecule has 6 heteroatoms. The van der Waals surface area contributed by atoms with E-state index in [4.69, 9.17) is 0 Å². The lowest BCUT2D eigenvalue weighted by Crippen LogP contribution is -2.33. The van der Waals surface area contributed by atoms with Gasteiger partial charge in [0.25, 0.3) is 0 Å². The molecule has 5 nitrogen and oxygen atoms in total. The Bertz CT molecular complexity index is 305. The Morgan fingerprint density at radius 2 is 1.79 bits per heavy atom. The first-order valence-electron chi connectivity index (χ1n) is 7.27. The van der Waals surface area contributed by atoms with Gasteiger partial charge in [0.2, 0.25) is 10.0 Å². The topological polar surface area (TPSA) is 61.4 Å². The lowest BCUT2D eigenvalue weighted by molar-refractivity contribution is 0.271. The van der Waals surface area contributed by atoms with Gasteiger partial charge in [0.15, 0.2) is 0 Å². The maximum atomic E-state index is 11.7. The molecule has 0 radical (unpaired) electrons. The Morgan fingerprint density at radius 1 is 1.11 bits per heavy atom. The van der Waals surface area contributed by atoms with E-state index < -0.39 is 10.0 Å². The fraction of sp³-hybridized carbons (Fsp3) is 1.00. The van der Waals surface area contributed by atoms with Crippen molar-refractivity contribution in [3.8, 4) is 0 Å². The van der Waals surface area contributed by atoms with E-state index in [1.165, 1.54) is 0 Å². The highest BCUT2D eigenvalue weighted by Gasteiger charge is 2.09. The van der Waals surface area contributed by atoms with Gasteiger partial charge < -0.3 is 10.2 Å². The van der Waals surface area contributed by atoms with E-state index in [9.17, 15) is 8.42 Å². The van der Waals surface area contributed by atoms with Crippen LogP contribution in [0, 0.1) is 0 Å². The molecule has 0 heterocycles. The quantitative estimate of drug-likeness (QED) is 0.528. The molecule has 116 valence electrons. The third kappa shape index (κ3) is 11.4. The zero-order chi connectivity index (χ0) is 14.7. The SMILES string of the molecule is CCCNCCCS(=O)(=O)NCCCN(C)C(C)C. The van der Waals surface area contributed by atoms with Gasteiger partial charge in [-0.25, -0.2) is 13.1 Å². The first-order valence-corrected chi connectivity index (χ1v) is 8.92.